The first kappa shape index (κ1) is 15.3. The average molecular weight is 230 g/mol. The van der Waals surface area contributed by atoms with Gasteiger partial charge in [0.15, 0.2) is 0 Å². The predicted octanol–water partition coefficient (Wildman–Crippen LogP) is 0.150. The molecule has 0 aromatic heterocycles. The van der Waals surface area contributed by atoms with E-state index in [1.807, 2.05) is 0 Å². The van der Waals surface area contributed by atoms with Gasteiger partial charge in [-0.15, -0.1) is 0 Å². The Balaban J connectivity index is 3.35. The van der Waals surface area contributed by atoms with Crippen LogP contribution in [0.1, 0.15) is 12.8 Å². The van der Waals surface area contributed by atoms with Crippen LogP contribution in [0, 0.1) is 17.2 Å². The van der Waals surface area contributed by atoms with Gasteiger partial charge in [0.2, 0.25) is 0 Å². The Morgan fingerprint density at radius 2 is 1.81 bits per heavy atom. The van der Waals surface area contributed by atoms with Crippen LogP contribution >= 0.6 is 0 Å². The molecule has 0 rings (SSSR count). The molecule has 0 heterocycles. The Morgan fingerprint density at radius 1 is 1.19 bits per heavy atom. The molecule has 0 aliphatic heterocycles. The highest BCUT2D eigenvalue weighted by atomic mass is 16.5. The van der Waals surface area contributed by atoms with Gasteiger partial charge in [0, 0.05) is 14.2 Å². The summed E-state index contributed by atoms with van der Waals surface area (Å²) in [5, 5.41) is 21.3. The Bertz CT molecular complexity index is 194. The van der Waals surface area contributed by atoms with Crippen molar-refractivity contribution in [2.24, 2.45) is 5.92 Å². The van der Waals surface area contributed by atoms with Crippen molar-refractivity contribution in [1.29, 1.82) is 5.26 Å². The summed E-state index contributed by atoms with van der Waals surface area (Å²) in [7, 11) is 3.16. The smallest absolute Gasteiger partial charge is 0.0785 e. The fourth-order valence-electron chi connectivity index (χ4n) is 1.33. The molecule has 0 radical (unpaired) electrons. The van der Waals surface area contributed by atoms with Crippen LogP contribution in [0.2, 0.25) is 0 Å². The van der Waals surface area contributed by atoms with Crippen LogP contribution in [-0.4, -0.2) is 51.7 Å². The van der Waals surface area contributed by atoms with Crippen molar-refractivity contribution in [2.75, 3.05) is 40.5 Å². The lowest BCUT2D eigenvalue weighted by molar-refractivity contribution is 0.0594. The molecule has 0 aromatic carbocycles. The molecule has 0 spiro atoms. The van der Waals surface area contributed by atoms with Crippen molar-refractivity contribution in [3.63, 3.8) is 0 Å². The van der Waals surface area contributed by atoms with Crippen molar-refractivity contribution >= 4 is 0 Å². The highest BCUT2D eigenvalue weighted by molar-refractivity contribution is 4.82. The second kappa shape index (κ2) is 10.8. The van der Waals surface area contributed by atoms with Crippen molar-refractivity contribution in [3.8, 4) is 6.07 Å². The van der Waals surface area contributed by atoms with Gasteiger partial charge < -0.3 is 19.9 Å². The maximum atomic E-state index is 9.35. The summed E-state index contributed by atoms with van der Waals surface area (Å²) in [6.07, 6.45) is 1.02. The number of aliphatic hydroxyl groups excluding tert-OH is 1. The molecule has 5 heteroatoms. The maximum absolute atomic E-state index is 9.35. The first-order valence-electron chi connectivity index (χ1n) is 5.50. The second-order valence-electron chi connectivity index (χ2n) is 3.72. The van der Waals surface area contributed by atoms with Gasteiger partial charge in [-0.05, 0) is 25.9 Å². The molecule has 2 unspecified atom stereocenters. The molecule has 5 nitrogen and oxygen atoms in total. The molecule has 0 fully saturated rings. The van der Waals surface area contributed by atoms with E-state index in [1.165, 1.54) is 0 Å². The summed E-state index contributed by atoms with van der Waals surface area (Å²) in [4.78, 5) is 0. The molecule has 0 aromatic rings. The number of nitrogens with one attached hydrogen (secondary N) is 1. The lowest BCUT2D eigenvalue weighted by atomic mass is 10.1. The summed E-state index contributed by atoms with van der Waals surface area (Å²) in [5.74, 6) is -0.0543. The van der Waals surface area contributed by atoms with E-state index >= 15 is 0 Å². The van der Waals surface area contributed by atoms with E-state index in [0.29, 0.717) is 19.6 Å². The number of hydrogen-bond acceptors (Lipinski definition) is 5. The van der Waals surface area contributed by atoms with Crippen molar-refractivity contribution in [2.45, 2.75) is 18.9 Å². The first-order chi connectivity index (χ1) is 7.74. The van der Waals surface area contributed by atoms with E-state index < -0.39 is 6.10 Å². The standard InChI is InChI=1S/C11H22N2O3/c1-15-8-10(7-12)3-5-13-6-4-11(14)9-16-2/h10-11,13-14H,3-6,8-9H2,1-2H3. The third-order valence-electron chi connectivity index (χ3n) is 2.23. The van der Waals surface area contributed by atoms with Gasteiger partial charge in [-0.2, -0.15) is 5.26 Å². The van der Waals surface area contributed by atoms with E-state index in [-0.39, 0.29) is 5.92 Å². The number of nitriles is 1. The molecule has 94 valence electrons. The summed E-state index contributed by atoms with van der Waals surface area (Å²) >= 11 is 0. The van der Waals surface area contributed by atoms with Crippen molar-refractivity contribution < 1.29 is 14.6 Å². The fourth-order valence-corrected chi connectivity index (χ4v) is 1.33. The van der Waals surface area contributed by atoms with Gasteiger partial charge in [0.25, 0.3) is 0 Å². The van der Waals surface area contributed by atoms with E-state index in [2.05, 4.69) is 11.4 Å². The normalized spacial score (nSPS) is 14.4. The average Bonchev–Trinajstić information content (AvgIpc) is 2.27. The van der Waals surface area contributed by atoms with E-state index in [9.17, 15) is 5.11 Å². The number of nitrogens with zero attached hydrogens (tertiary/aromatic N) is 1. The molecular formula is C11H22N2O3. The second-order valence-corrected chi connectivity index (χ2v) is 3.72. The minimum Gasteiger partial charge on any atom is -0.391 e. The van der Waals surface area contributed by atoms with E-state index in [0.717, 1.165) is 19.5 Å². The number of ether oxygens (including phenoxy) is 2. The molecular weight excluding hydrogens is 208 g/mol. The van der Waals surface area contributed by atoms with Gasteiger partial charge in [-0.25, -0.2) is 0 Å². The minimum atomic E-state index is -0.414. The van der Waals surface area contributed by atoms with Gasteiger partial charge >= 0.3 is 0 Å². The summed E-state index contributed by atoms with van der Waals surface area (Å²) in [6, 6.07) is 2.19. The highest BCUT2D eigenvalue weighted by Gasteiger charge is 2.06. The van der Waals surface area contributed by atoms with Crippen molar-refractivity contribution in [1.82, 2.24) is 5.32 Å². The highest BCUT2D eigenvalue weighted by Crippen LogP contribution is 2.00. The molecule has 0 amide bonds. The van der Waals surface area contributed by atoms with Gasteiger partial charge in [-0.1, -0.05) is 0 Å². The summed E-state index contributed by atoms with van der Waals surface area (Å²) < 4.78 is 9.73. The van der Waals surface area contributed by atoms with Crippen LogP contribution in [0.3, 0.4) is 0 Å². The van der Waals surface area contributed by atoms with Gasteiger partial charge in [0.1, 0.15) is 0 Å². The predicted molar refractivity (Wildman–Crippen MR) is 61.0 cm³/mol. The Labute approximate surface area is 97.4 Å². The summed E-state index contributed by atoms with van der Waals surface area (Å²) in [5.41, 5.74) is 0. The summed E-state index contributed by atoms with van der Waals surface area (Å²) in [6.45, 7) is 2.34. The van der Waals surface area contributed by atoms with Crippen LogP contribution in [0.15, 0.2) is 0 Å². The zero-order chi connectivity index (χ0) is 12.2. The topological polar surface area (TPSA) is 74.5 Å². The lowest BCUT2D eigenvalue weighted by Crippen LogP contribution is -2.25. The zero-order valence-electron chi connectivity index (χ0n) is 10.1. The van der Waals surface area contributed by atoms with Gasteiger partial charge in [-0.3, -0.25) is 0 Å². The van der Waals surface area contributed by atoms with E-state index in [1.54, 1.807) is 14.2 Å². The molecule has 0 aliphatic rings. The number of hydrogen-bond donors (Lipinski definition) is 2. The Morgan fingerprint density at radius 3 is 2.38 bits per heavy atom. The van der Waals surface area contributed by atoms with E-state index in [4.69, 9.17) is 14.7 Å². The molecule has 2 N–H and O–H groups in total. The molecule has 0 bridgehead atoms. The third-order valence-corrected chi connectivity index (χ3v) is 2.23. The SMILES string of the molecule is COCC(O)CCNCCC(C#N)COC. The van der Waals surface area contributed by atoms with Crippen molar-refractivity contribution in [3.05, 3.63) is 0 Å². The molecule has 0 saturated heterocycles. The number of aliphatic hydroxyl groups is 1. The Hall–Kier alpha value is -0.670. The quantitative estimate of drug-likeness (QED) is 0.523. The molecule has 0 aliphatic carbocycles. The monoisotopic (exact) mass is 230 g/mol. The van der Waals surface area contributed by atoms with Crippen LogP contribution < -0.4 is 5.32 Å². The maximum Gasteiger partial charge on any atom is 0.0785 e. The molecule has 2 atom stereocenters. The third kappa shape index (κ3) is 8.62. The van der Waals surface area contributed by atoms with Crippen LogP contribution in [0.5, 0.6) is 0 Å². The largest absolute Gasteiger partial charge is 0.391 e. The van der Waals surface area contributed by atoms with Crippen LogP contribution in [-0.2, 0) is 9.47 Å². The van der Waals surface area contributed by atoms with Crippen LogP contribution in [0.4, 0.5) is 0 Å². The zero-order valence-corrected chi connectivity index (χ0v) is 10.1. The van der Waals surface area contributed by atoms with Gasteiger partial charge in [0.05, 0.1) is 31.3 Å². The molecule has 0 saturated carbocycles. The van der Waals surface area contributed by atoms with Crippen LogP contribution in [0.25, 0.3) is 0 Å². The Kier molecular flexibility index (Phi) is 10.4. The molecule has 16 heavy (non-hydrogen) atoms. The number of rotatable bonds is 10. The number of methoxy groups -OCH3 is 2. The lowest BCUT2D eigenvalue weighted by Gasteiger charge is -2.11. The first-order valence-corrected chi connectivity index (χ1v) is 5.50. The minimum absolute atomic E-state index is 0.0543. The fraction of sp³-hybridized carbons (Fsp3) is 0.909.